The zero-order chi connectivity index (χ0) is 13.0. The van der Waals surface area contributed by atoms with E-state index in [0.717, 1.165) is 31.0 Å². The number of hydrogen-bond donors (Lipinski definition) is 1. The predicted molar refractivity (Wildman–Crippen MR) is 68.4 cm³/mol. The number of rotatable bonds is 5. The summed E-state index contributed by atoms with van der Waals surface area (Å²) in [4.78, 5) is 8.63. The fourth-order valence-corrected chi connectivity index (χ4v) is 2.24. The van der Waals surface area contributed by atoms with E-state index in [0.29, 0.717) is 6.61 Å². The SMILES string of the molecule is COC1(CNC(C)c2nccnc2C)CCOC1. The Morgan fingerprint density at radius 3 is 2.89 bits per heavy atom. The first-order chi connectivity index (χ1) is 8.67. The molecule has 5 heteroatoms. The second kappa shape index (κ2) is 5.73. The number of nitrogens with zero attached hydrogens (tertiary/aromatic N) is 2. The molecule has 1 fully saturated rings. The number of aryl methyl sites for hydroxylation is 1. The molecule has 0 radical (unpaired) electrons. The third-order valence-electron chi connectivity index (χ3n) is 3.56. The van der Waals surface area contributed by atoms with Crippen molar-refractivity contribution in [3.8, 4) is 0 Å². The van der Waals surface area contributed by atoms with Crippen LogP contribution in [-0.4, -0.2) is 42.4 Å². The molecule has 2 unspecified atom stereocenters. The lowest BCUT2D eigenvalue weighted by molar-refractivity contribution is -0.0173. The summed E-state index contributed by atoms with van der Waals surface area (Å²) >= 11 is 0. The minimum Gasteiger partial charge on any atom is -0.378 e. The Bertz CT molecular complexity index is 392. The predicted octanol–water partition coefficient (Wildman–Crippen LogP) is 1.24. The number of hydrogen-bond acceptors (Lipinski definition) is 5. The van der Waals surface area contributed by atoms with Crippen LogP contribution in [0.1, 0.15) is 30.8 Å². The highest BCUT2D eigenvalue weighted by atomic mass is 16.5. The first-order valence-electron chi connectivity index (χ1n) is 6.31. The molecule has 2 atom stereocenters. The van der Waals surface area contributed by atoms with Gasteiger partial charge in [-0.25, -0.2) is 0 Å². The quantitative estimate of drug-likeness (QED) is 0.853. The molecule has 1 aliphatic heterocycles. The largest absolute Gasteiger partial charge is 0.378 e. The van der Waals surface area contributed by atoms with Gasteiger partial charge in [0.15, 0.2) is 0 Å². The Morgan fingerprint density at radius 2 is 2.28 bits per heavy atom. The molecule has 0 aromatic carbocycles. The van der Waals surface area contributed by atoms with Gasteiger partial charge >= 0.3 is 0 Å². The van der Waals surface area contributed by atoms with Gasteiger partial charge in [-0.2, -0.15) is 0 Å². The van der Waals surface area contributed by atoms with Gasteiger partial charge in [0.25, 0.3) is 0 Å². The van der Waals surface area contributed by atoms with Crippen molar-refractivity contribution in [1.29, 1.82) is 0 Å². The van der Waals surface area contributed by atoms with Crippen LogP contribution in [0.25, 0.3) is 0 Å². The number of nitrogens with one attached hydrogen (secondary N) is 1. The average Bonchev–Trinajstić information content (AvgIpc) is 2.86. The Hall–Kier alpha value is -1.04. The van der Waals surface area contributed by atoms with Crippen LogP contribution in [0.5, 0.6) is 0 Å². The average molecular weight is 251 g/mol. The van der Waals surface area contributed by atoms with Crippen molar-refractivity contribution in [2.45, 2.75) is 31.9 Å². The van der Waals surface area contributed by atoms with Gasteiger partial charge in [0.2, 0.25) is 0 Å². The van der Waals surface area contributed by atoms with Crippen LogP contribution in [0.2, 0.25) is 0 Å². The number of ether oxygens (including phenoxy) is 2. The van der Waals surface area contributed by atoms with E-state index in [9.17, 15) is 0 Å². The molecule has 0 spiro atoms. The summed E-state index contributed by atoms with van der Waals surface area (Å²) in [6.45, 7) is 6.26. The van der Waals surface area contributed by atoms with Crippen LogP contribution < -0.4 is 5.32 Å². The summed E-state index contributed by atoms with van der Waals surface area (Å²) in [6, 6.07) is 0.159. The van der Waals surface area contributed by atoms with E-state index in [1.54, 1.807) is 19.5 Å². The second-order valence-corrected chi connectivity index (χ2v) is 4.82. The Balaban J connectivity index is 1.96. The van der Waals surface area contributed by atoms with Gasteiger partial charge in [-0.3, -0.25) is 9.97 Å². The van der Waals surface area contributed by atoms with Crippen LogP contribution in [-0.2, 0) is 9.47 Å². The molecular weight excluding hydrogens is 230 g/mol. The van der Waals surface area contributed by atoms with E-state index in [-0.39, 0.29) is 11.6 Å². The van der Waals surface area contributed by atoms with E-state index in [1.807, 2.05) is 6.92 Å². The highest BCUT2D eigenvalue weighted by molar-refractivity contribution is 5.12. The molecule has 1 saturated heterocycles. The van der Waals surface area contributed by atoms with E-state index >= 15 is 0 Å². The molecule has 100 valence electrons. The van der Waals surface area contributed by atoms with E-state index < -0.39 is 0 Å². The summed E-state index contributed by atoms with van der Waals surface area (Å²) in [6.07, 6.45) is 4.38. The van der Waals surface area contributed by atoms with Gasteiger partial charge in [-0.05, 0) is 13.8 Å². The highest BCUT2D eigenvalue weighted by Gasteiger charge is 2.35. The number of aromatic nitrogens is 2. The molecule has 1 aliphatic rings. The van der Waals surface area contributed by atoms with Crippen LogP contribution in [0, 0.1) is 6.92 Å². The molecular formula is C13H21N3O2. The first kappa shape index (κ1) is 13.4. The maximum absolute atomic E-state index is 5.59. The normalized spacial score (nSPS) is 25.3. The minimum atomic E-state index is -0.190. The molecule has 1 N–H and O–H groups in total. The summed E-state index contributed by atoms with van der Waals surface area (Å²) in [5.74, 6) is 0. The van der Waals surface area contributed by atoms with Gasteiger partial charge in [-0.1, -0.05) is 0 Å². The lowest BCUT2D eigenvalue weighted by atomic mass is 10.0. The molecule has 2 rings (SSSR count). The summed E-state index contributed by atoms with van der Waals surface area (Å²) in [5, 5.41) is 3.47. The van der Waals surface area contributed by atoms with E-state index in [4.69, 9.17) is 9.47 Å². The highest BCUT2D eigenvalue weighted by Crippen LogP contribution is 2.23. The van der Waals surface area contributed by atoms with Crippen molar-refractivity contribution in [3.63, 3.8) is 0 Å². The minimum absolute atomic E-state index is 0.159. The van der Waals surface area contributed by atoms with Crippen LogP contribution in [0.15, 0.2) is 12.4 Å². The monoisotopic (exact) mass is 251 g/mol. The lowest BCUT2D eigenvalue weighted by Gasteiger charge is -2.28. The van der Waals surface area contributed by atoms with Gasteiger partial charge in [0.05, 0.1) is 18.0 Å². The first-order valence-corrected chi connectivity index (χ1v) is 6.31. The summed E-state index contributed by atoms with van der Waals surface area (Å²) in [7, 11) is 1.74. The van der Waals surface area contributed by atoms with Gasteiger partial charge < -0.3 is 14.8 Å². The smallest absolute Gasteiger partial charge is 0.106 e. The van der Waals surface area contributed by atoms with Crippen molar-refractivity contribution in [3.05, 3.63) is 23.8 Å². The van der Waals surface area contributed by atoms with Crippen LogP contribution >= 0.6 is 0 Å². The van der Waals surface area contributed by atoms with Crippen LogP contribution in [0.4, 0.5) is 0 Å². The van der Waals surface area contributed by atoms with Crippen molar-refractivity contribution in [1.82, 2.24) is 15.3 Å². The summed E-state index contributed by atoms with van der Waals surface area (Å²) < 4.78 is 11.0. The van der Waals surface area contributed by atoms with Gasteiger partial charge in [0, 0.05) is 45.1 Å². The summed E-state index contributed by atoms with van der Waals surface area (Å²) in [5.41, 5.74) is 1.76. The lowest BCUT2D eigenvalue weighted by Crippen LogP contribution is -2.43. The van der Waals surface area contributed by atoms with E-state index in [1.165, 1.54) is 0 Å². The molecule has 2 heterocycles. The molecule has 18 heavy (non-hydrogen) atoms. The molecule has 0 aliphatic carbocycles. The zero-order valence-electron chi connectivity index (χ0n) is 11.3. The van der Waals surface area contributed by atoms with Crippen molar-refractivity contribution in [2.75, 3.05) is 26.9 Å². The van der Waals surface area contributed by atoms with Crippen molar-refractivity contribution >= 4 is 0 Å². The van der Waals surface area contributed by atoms with Gasteiger partial charge in [0.1, 0.15) is 5.60 Å². The van der Waals surface area contributed by atoms with E-state index in [2.05, 4.69) is 22.2 Å². The molecule has 5 nitrogen and oxygen atoms in total. The Morgan fingerprint density at radius 1 is 1.50 bits per heavy atom. The second-order valence-electron chi connectivity index (χ2n) is 4.82. The van der Waals surface area contributed by atoms with Crippen molar-refractivity contribution < 1.29 is 9.47 Å². The number of methoxy groups -OCH3 is 1. The Kier molecular flexibility index (Phi) is 4.27. The molecule has 1 aromatic rings. The van der Waals surface area contributed by atoms with Crippen LogP contribution in [0.3, 0.4) is 0 Å². The van der Waals surface area contributed by atoms with Crippen molar-refractivity contribution in [2.24, 2.45) is 0 Å². The molecule has 0 bridgehead atoms. The Labute approximate surface area is 108 Å². The maximum atomic E-state index is 5.59. The topological polar surface area (TPSA) is 56.3 Å². The molecule has 0 saturated carbocycles. The zero-order valence-corrected chi connectivity index (χ0v) is 11.3. The molecule has 1 aromatic heterocycles. The third-order valence-corrected chi connectivity index (χ3v) is 3.56. The fraction of sp³-hybridized carbons (Fsp3) is 0.692. The van der Waals surface area contributed by atoms with Gasteiger partial charge in [-0.15, -0.1) is 0 Å². The third kappa shape index (κ3) is 2.85. The molecule has 0 amide bonds. The maximum Gasteiger partial charge on any atom is 0.106 e. The standard InChI is InChI=1S/C13H21N3O2/c1-10-12(15-6-5-14-10)11(2)16-8-13(17-3)4-7-18-9-13/h5-6,11,16H,4,7-9H2,1-3H3. The fourth-order valence-electron chi connectivity index (χ4n) is 2.24.